The van der Waals surface area contributed by atoms with Crippen LogP contribution in [0.2, 0.25) is 5.02 Å². The number of rotatable bonds is 7. The molecule has 1 aromatic heterocycles. The quantitative estimate of drug-likeness (QED) is 0.518. The normalized spacial score (nSPS) is 15.2. The molecule has 0 radical (unpaired) electrons. The molecule has 1 unspecified atom stereocenters. The maximum absolute atomic E-state index is 13.2. The largest absolute Gasteiger partial charge is 0.495 e. The standard InChI is InChI=1S/C24H26ClFN4O3/c1-32-22-9-4-17(25)15-20(22)28-24(31)27-16-21(23-3-2-14-33-23)30-12-10-29(11-13-30)19-7-5-18(26)6-8-19/h2-9,14-15,21H,10-13,16H2,1H3,(H2,27,28,31). The summed E-state index contributed by atoms with van der Waals surface area (Å²) in [6.07, 6.45) is 1.63. The number of carbonyl (C=O) groups excluding carboxylic acids is 1. The maximum atomic E-state index is 13.2. The molecule has 174 valence electrons. The molecule has 2 heterocycles. The summed E-state index contributed by atoms with van der Waals surface area (Å²) < 4.78 is 24.2. The van der Waals surface area contributed by atoms with Crippen LogP contribution in [0.1, 0.15) is 11.8 Å². The van der Waals surface area contributed by atoms with Crippen molar-refractivity contribution < 1.29 is 18.3 Å². The minimum absolute atomic E-state index is 0.123. The van der Waals surface area contributed by atoms with E-state index in [9.17, 15) is 9.18 Å². The average Bonchev–Trinajstić information content (AvgIpc) is 3.35. The first-order valence-electron chi connectivity index (χ1n) is 10.7. The molecule has 2 aromatic carbocycles. The number of anilines is 2. The highest BCUT2D eigenvalue weighted by molar-refractivity contribution is 6.31. The molecular formula is C24H26ClFN4O3. The molecule has 7 nitrogen and oxygen atoms in total. The highest BCUT2D eigenvalue weighted by Gasteiger charge is 2.27. The Bertz CT molecular complexity index is 1050. The molecule has 0 saturated carbocycles. The van der Waals surface area contributed by atoms with Crippen LogP contribution in [-0.4, -0.2) is 50.8 Å². The third-order valence-corrected chi connectivity index (χ3v) is 5.92. The van der Waals surface area contributed by atoms with E-state index in [1.54, 1.807) is 36.6 Å². The van der Waals surface area contributed by atoms with Crippen molar-refractivity contribution in [2.75, 3.05) is 50.1 Å². The van der Waals surface area contributed by atoms with E-state index in [-0.39, 0.29) is 17.9 Å². The summed E-state index contributed by atoms with van der Waals surface area (Å²) in [5.41, 5.74) is 1.49. The smallest absolute Gasteiger partial charge is 0.319 e. The summed E-state index contributed by atoms with van der Waals surface area (Å²) in [5, 5.41) is 6.22. The van der Waals surface area contributed by atoms with Gasteiger partial charge in [0.1, 0.15) is 17.3 Å². The number of ether oxygens (including phenoxy) is 1. The van der Waals surface area contributed by atoms with Crippen molar-refractivity contribution in [2.45, 2.75) is 6.04 Å². The summed E-state index contributed by atoms with van der Waals surface area (Å²) in [4.78, 5) is 17.1. The Kier molecular flexibility index (Phi) is 7.36. The van der Waals surface area contributed by atoms with Gasteiger partial charge in [0.15, 0.2) is 0 Å². The van der Waals surface area contributed by atoms with Crippen LogP contribution in [0.4, 0.5) is 20.6 Å². The second kappa shape index (κ2) is 10.6. The first-order valence-corrected chi connectivity index (χ1v) is 11.1. The highest BCUT2D eigenvalue weighted by atomic mass is 35.5. The van der Waals surface area contributed by atoms with Crippen molar-refractivity contribution in [3.8, 4) is 5.75 Å². The second-order valence-corrected chi connectivity index (χ2v) is 8.15. The van der Waals surface area contributed by atoms with E-state index < -0.39 is 0 Å². The molecular weight excluding hydrogens is 447 g/mol. The third-order valence-electron chi connectivity index (χ3n) is 5.68. The number of carbonyl (C=O) groups is 1. The Hall–Kier alpha value is -3.23. The van der Waals surface area contributed by atoms with Gasteiger partial charge in [0, 0.05) is 43.4 Å². The van der Waals surface area contributed by atoms with Crippen molar-refractivity contribution in [3.63, 3.8) is 0 Å². The zero-order valence-electron chi connectivity index (χ0n) is 18.3. The molecule has 1 atom stereocenters. The first-order chi connectivity index (χ1) is 16.0. The van der Waals surface area contributed by atoms with E-state index in [1.165, 1.54) is 19.2 Å². The van der Waals surface area contributed by atoms with Crippen LogP contribution >= 0.6 is 11.6 Å². The van der Waals surface area contributed by atoms with E-state index in [0.29, 0.717) is 23.0 Å². The maximum Gasteiger partial charge on any atom is 0.319 e. The molecule has 1 saturated heterocycles. The van der Waals surface area contributed by atoms with Crippen LogP contribution in [-0.2, 0) is 0 Å². The van der Waals surface area contributed by atoms with E-state index >= 15 is 0 Å². The fourth-order valence-corrected chi connectivity index (χ4v) is 4.14. The van der Waals surface area contributed by atoms with Crippen LogP contribution in [0, 0.1) is 5.82 Å². The van der Waals surface area contributed by atoms with Gasteiger partial charge < -0.3 is 24.7 Å². The lowest BCUT2D eigenvalue weighted by Gasteiger charge is -2.39. The number of hydrogen-bond acceptors (Lipinski definition) is 5. The van der Waals surface area contributed by atoms with Gasteiger partial charge in [0.25, 0.3) is 0 Å². The summed E-state index contributed by atoms with van der Waals surface area (Å²) in [6, 6.07) is 14.8. The van der Waals surface area contributed by atoms with Gasteiger partial charge in [0.05, 0.1) is 25.1 Å². The molecule has 0 spiro atoms. The minimum Gasteiger partial charge on any atom is -0.495 e. The number of nitrogens with one attached hydrogen (secondary N) is 2. The van der Waals surface area contributed by atoms with E-state index in [4.69, 9.17) is 20.8 Å². The van der Waals surface area contributed by atoms with Gasteiger partial charge in [-0.15, -0.1) is 0 Å². The van der Waals surface area contributed by atoms with Crippen LogP contribution in [0.25, 0.3) is 0 Å². The number of urea groups is 1. The Labute approximate surface area is 197 Å². The van der Waals surface area contributed by atoms with Gasteiger partial charge in [0.2, 0.25) is 0 Å². The zero-order chi connectivity index (χ0) is 23.2. The predicted octanol–water partition coefficient (Wildman–Crippen LogP) is 4.77. The van der Waals surface area contributed by atoms with Gasteiger partial charge in [-0.05, 0) is 54.6 Å². The summed E-state index contributed by atoms with van der Waals surface area (Å²) >= 11 is 6.05. The first kappa shape index (κ1) is 22.9. The average molecular weight is 473 g/mol. The Morgan fingerprint density at radius 3 is 2.58 bits per heavy atom. The number of methoxy groups -OCH3 is 1. The van der Waals surface area contributed by atoms with Crippen LogP contribution in [0.5, 0.6) is 5.75 Å². The molecule has 0 aliphatic carbocycles. The SMILES string of the molecule is COc1ccc(Cl)cc1NC(=O)NCC(c1ccco1)N1CCN(c2ccc(F)cc2)CC1. The van der Waals surface area contributed by atoms with Gasteiger partial charge in [-0.1, -0.05) is 11.6 Å². The molecule has 1 aliphatic rings. The van der Waals surface area contributed by atoms with Crippen LogP contribution in [0.3, 0.4) is 0 Å². The van der Waals surface area contributed by atoms with Crippen LogP contribution < -0.4 is 20.3 Å². The summed E-state index contributed by atoms with van der Waals surface area (Å²) in [7, 11) is 1.53. The number of piperazine rings is 1. The van der Waals surface area contributed by atoms with Gasteiger partial charge in [-0.25, -0.2) is 9.18 Å². The van der Waals surface area contributed by atoms with E-state index in [0.717, 1.165) is 37.6 Å². The Balaban J connectivity index is 1.38. The molecule has 2 N–H and O–H groups in total. The fraction of sp³-hybridized carbons (Fsp3) is 0.292. The third kappa shape index (κ3) is 5.77. The van der Waals surface area contributed by atoms with Gasteiger partial charge in [-0.3, -0.25) is 4.90 Å². The van der Waals surface area contributed by atoms with Crippen molar-refractivity contribution >= 4 is 29.0 Å². The summed E-state index contributed by atoms with van der Waals surface area (Å²) in [6.45, 7) is 3.48. The molecule has 1 aliphatic heterocycles. The van der Waals surface area contributed by atoms with Crippen molar-refractivity contribution in [1.29, 1.82) is 0 Å². The molecule has 9 heteroatoms. The lowest BCUT2D eigenvalue weighted by molar-refractivity contribution is 0.162. The number of amides is 2. The minimum atomic E-state index is -0.364. The molecule has 2 amide bonds. The van der Waals surface area contributed by atoms with E-state index in [1.807, 2.05) is 12.1 Å². The number of furan rings is 1. The molecule has 3 aromatic rings. The number of nitrogens with zero attached hydrogens (tertiary/aromatic N) is 2. The monoisotopic (exact) mass is 472 g/mol. The van der Waals surface area contributed by atoms with Crippen molar-refractivity contribution in [1.82, 2.24) is 10.2 Å². The van der Waals surface area contributed by atoms with Gasteiger partial charge in [-0.2, -0.15) is 0 Å². The highest BCUT2D eigenvalue weighted by Crippen LogP contribution is 2.28. The summed E-state index contributed by atoms with van der Waals surface area (Å²) in [5.74, 6) is 1.06. The number of hydrogen-bond donors (Lipinski definition) is 2. The Morgan fingerprint density at radius 2 is 1.91 bits per heavy atom. The number of benzene rings is 2. The molecule has 1 fully saturated rings. The van der Waals surface area contributed by atoms with Crippen LogP contribution in [0.15, 0.2) is 65.3 Å². The van der Waals surface area contributed by atoms with E-state index in [2.05, 4.69) is 20.4 Å². The fourth-order valence-electron chi connectivity index (χ4n) is 3.97. The van der Waals surface area contributed by atoms with Crippen molar-refractivity contribution in [3.05, 3.63) is 77.5 Å². The lowest BCUT2D eigenvalue weighted by Crippen LogP contribution is -2.50. The number of halogens is 2. The molecule has 33 heavy (non-hydrogen) atoms. The predicted molar refractivity (Wildman–Crippen MR) is 127 cm³/mol. The molecule has 0 bridgehead atoms. The molecule has 4 rings (SSSR count). The zero-order valence-corrected chi connectivity index (χ0v) is 19.0. The second-order valence-electron chi connectivity index (χ2n) is 7.71. The lowest BCUT2D eigenvalue weighted by atomic mass is 10.1. The van der Waals surface area contributed by atoms with Gasteiger partial charge >= 0.3 is 6.03 Å². The Morgan fingerprint density at radius 1 is 1.15 bits per heavy atom. The van der Waals surface area contributed by atoms with Crippen molar-refractivity contribution in [2.24, 2.45) is 0 Å². The topological polar surface area (TPSA) is 70.0 Å².